The number of rotatable bonds is 10. The summed E-state index contributed by atoms with van der Waals surface area (Å²) < 4.78 is 16.4. The Hall–Kier alpha value is -2.56. The molecule has 0 radical (unpaired) electrons. The van der Waals surface area contributed by atoms with Crippen LogP contribution in [0.15, 0.2) is 42.1 Å². The summed E-state index contributed by atoms with van der Waals surface area (Å²) in [6.07, 6.45) is 23.6. The molecule has 2 heterocycles. The van der Waals surface area contributed by atoms with Gasteiger partial charge in [-0.3, -0.25) is 0 Å². The van der Waals surface area contributed by atoms with Crippen molar-refractivity contribution in [3.8, 4) is 17.0 Å². The molecule has 7 rings (SSSR count). The lowest BCUT2D eigenvalue weighted by molar-refractivity contribution is -0.692. The third kappa shape index (κ3) is 6.66. The van der Waals surface area contributed by atoms with Gasteiger partial charge in [0.25, 0.3) is 5.82 Å². The molecule has 3 saturated carbocycles. The van der Waals surface area contributed by atoms with Crippen LogP contribution in [0, 0.1) is 46.3 Å². The van der Waals surface area contributed by atoms with Gasteiger partial charge < -0.3 is 9.47 Å². The van der Waals surface area contributed by atoms with Crippen LogP contribution in [0.5, 0.6) is 5.75 Å². The molecule has 0 unspecified atom stereocenters. The maximum absolute atomic E-state index is 13.6. The van der Waals surface area contributed by atoms with Crippen LogP contribution in [0.25, 0.3) is 11.3 Å². The quantitative estimate of drug-likeness (QED) is 0.144. The van der Waals surface area contributed by atoms with E-state index in [1.165, 1.54) is 75.7 Å². The van der Waals surface area contributed by atoms with Crippen LogP contribution in [0.4, 0.5) is 0 Å². The van der Waals surface area contributed by atoms with Gasteiger partial charge in [0.1, 0.15) is 18.1 Å². The number of hydrogen-bond donors (Lipinski definition) is 0. The fraction of sp³-hybridized carbons (Fsp3) is 0.727. The Morgan fingerprint density at radius 3 is 2.57 bits per heavy atom. The van der Waals surface area contributed by atoms with Crippen LogP contribution in [0.3, 0.4) is 0 Å². The highest BCUT2D eigenvalue weighted by Gasteiger charge is 2.59. The van der Waals surface area contributed by atoms with E-state index in [4.69, 9.17) is 9.47 Å². The monoisotopic (exact) mass is 669 g/mol. The van der Waals surface area contributed by atoms with Gasteiger partial charge in [0.05, 0.1) is 13.7 Å². The van der Waals surface area contributed by atoms with Crippen LogP contribution in [-0.2, 0) is 29.0 Å². The van der Waals surface area contributed by atoms with Crippen molar-refractivity contribution in [2.45, 2.75) is 150 Å². The topological polar surface area (TPSA) is 44.3 Å². The molecule has 5 aliphatic rings. The number of carbonyl (C=O) groups is 1. The SMILES string of the molecule is COc1ccc(-c2c[n+](CC(=O)O[C@H]3CC[C@@]4(C)C(=CC[C@@H]5[C@H]6CC[C@@H]([C@@H](C)CCCC(C)C)[C@@]6(C)CC[C@H]54)C3)c3n2CCCCC3)cc1. The first kappa shape index (κ1) is 34.9. The zero-order valence-electron chi connectivity index (χ0n) is 31.6. The van der Waals surface area contributed by atoms with Crippen molar-refractivity contribution in [2.24, 2.45) is 46.3 Å². The minimum absolute atomic E-state index is 0.00246. The van der Waals surface area contributed by atoms with Gasteiger partial charge in [-0.15, -0.1) is 0 Å². The maximum Gasteiger partial charge on any atom is 0.348 e. The van der Waals surface area contributed by atoms with E-state index in [0.717, 1.165) is 85.5 Å². The number of hydrogen-bond acceptors (Lipinski definition) is 3. The Bertz CT molecular complexity index is 1500. The molecule has 0 N–H and O–H groups in total. The molecule has 1 aromatic heterocycles. The molecular formula is C44H65N2O3+. The van der Waals surface area contributed by atoms with Crippen molar-refractivity contribution in [1.82, 2.24) is 4.57 Å². The van der Waals surface area contributed by atoms with E-state index < -0.39 is 0 Å². The zero-order valence-corrected chi connectivity index (χ0v) is 31.6. The fourth-order valence-electron chi connectivity index (χ4n) is 12.1. The Kier molecular flexibility index (Phi) is 10.1. The standard InChI is InChI=1S/C44H65N2O3/c1-30(2)11-10-12-31(3)37-20-21-38-36-19-16-33-27-35(22-24-43(33,4)39(36)23-25-44(37,38)5)49-42(47)29-45-28-40(32-14-17-34(48-6)18-15-32)46-26-9-7-8-13-41(45)46/h14-18,28,30-31,35-39H,7-13,19-27,29H2,1-6H3/q+1/t31-,35-,36+,37-,38+,39+,43-,44+/m0/s1. The third-order valence-electron chi connectivity index (χ3n) is 14.7. The smallest absolute Gasteiger partial charge is 0.348 e. The highest BCUT2D eigenvalue weighted by molar-refractivity contribution is 5.68. The van der Waals surface area contributed by atoms with Crippen molar-refractivity contribution in [3.63, 3.8) is 0 Å². The Labute approximate surface area is 297 Å². The molecule has 2 aromatic rings. The lowest BCUT2D eigenvalue weighted by Gasteiger charge is -2.58. The van der Waals surface area contributed by atoms with E-state index in [-0.39, 0.29) is 17.5 Å². The van der Waals surface area contributed by atoms with Crippen LogP contribution < -0.4 is 9.30 Å². The predicted molar refractivity (Wildman–Crippen MR) is 197 cm³/mol. The molecule has 0 saturated heterocycles. The fourth-order valence-corrected chi connectivity index (χ4v) is 12.1. The van der Waals surface area contributed by atoms with Crippen molar-refractivity contribution >= 4 is 5.97 Å². The number of benzene rings is 1. The summed E-state index contributed by atoms with van der Waals surface area (Å²) in [5.41, 5.74) is 4.74. The minimum atomic E-state index is -0.0836. The molecule has 1 aliphatic heterocycles. The van der Waals surface area contributed by atoms with Gasteiger partial charge in [0.15, 0.2) is 12.2 Å². The van der Waals surface area contributed by atoms with E-state index >= 15 is 0 Å². The van der Waals surface area contributed by atoms with Crippen LogP contribution in [0.1, 0.15) is 130 Å². The molecule has 4 aliphatic carbocycles. The molecular weight excluding hydrogens is 604 g/mol. The lowest BCUT2D eigenvalue weighted by Crippen LogP contribution is -2.51. The number of ether oxygens (including phenoxy) is 2. The summed E-state index contributed by atoms with van der Waals surface area (Å²) >= 11 is 0. The molecule has 8 atom stereocenters. The summed E-state index contributed by atoms with van der Waals surface area (Å²) in [6.45, 7) is 13.9. The molecule has 5 heteroatoms. The average Bonchev–Trinajstić information content (AvgIpc) is 3.50. The van der Waals surface area contributed by atoms with E-state index in [1.807, 2.05) is 12.1 Å². The molecule has 49 heavy (non-hydrogen) atoms. The summed E-state index contributed by atoms with van der Waals surface area (Å²) in [5.74, 6) is 7.12. The van der Waals surface area contributed by atoms with E-state index in [2.05, 4.69) is 68.2 Å². The number of esters is 1. The first-order valence-electron chi connectivity index (χ1n) is 20.3. The summed E-state index contributed by atoms with van der Waals surface area (Å²) in [5, 5.41) is 0. The maximum atomic E-state index is 13.6. The number of fused-ring (bicyclic) bond motifs is 6. The van der Waals surface area contributed by atoms with Gasteiger partial charge in [-0.25, -0.2) is 13.9 Å². The largest absolute Gasteiger partial charge is 0.497 e. The second-order valence-electron chi connectivity index (χ2n) is 17.9. The van der Waals surface area contributed by atoms with Crippen molar-refractivity contribution in [3.05, 3.63) is 47.9 Å². The highest BCUT2D eigenvalue weighted by atomic mass is 16.5. The number of allylic oxidation sites excluding steroid dienone is 1. The highest BCUT2D eigenvalue weighted by Crippen LogP contribution is 2.67. The summed E-state index contributed by atoms with van der Waals surface area (Å²) in [4.78, 5) is 13.6. The van der Waals surface area contributed by atoms with E-state index in [1.54, 1.807) is 12.7 Å². The molecule has 5 nitrogen and oxygen atoms in total. The number of nitrogens with zero attached hydrogens (tertiary/aromatic N) is 2. The van der Waals surface area contributed by atoms with Gasteiger partial charge in [0.2, 0.25) is 0 Å². The molecule has 1 aromatic carbocycles. The van der Waals surface area contributed by atoms with Crippen LogP contribution in [0.2, 0.25) is 0 Å². The number of methoxy groups -OCH3 is 1. The van der Waals surface area contributed by atoms with E-state index in [0.29, 0.717) is 12.0 Å². The third-order valence-corrected chi connectivity index (χ3v) is 14.7. The first-order valence-corrected chi connectivity index (χ1v) is 20.3. The second kappa shape index (κ2) is 14.2. The van der Waals surface area contributed by atoms with Crippen LogP contribution in [-0.4, -0.2) is 23.8 Å². The van der Waals surface area contributed by atoms with Crippen molar-refractivity contribution in [2.75, 3.05) is 7.11 Å². The molecule has 0 bridgehead atoms. The molecule has 0 spiro atoms. The van der Waals surface area contributed by atoms with Crippen molar-refractivity contribution < 1.29 is 18.8 Å². The van der Waals surface area contributed by atoms with Gasteiger partial charge in [-0.1, -0.05) is 65.5 Å². The normalized spacial score (nSPS) is 33.0. The molecule has 0 amide bonds. The average molecular weight is 670 g/mol. The van der Waals surface area contributed by atoms with Crippen LogP contribution >= 0.6 is 0 Å². The lowest BCUT2D eigenvalue weighted by atomic mass is 9.47. The molecule has 268 valence electrons. The van der Waals surface area contributed by atoms with E-state index in [9.17, 15) is 4.79 Å². The zero-order chi connectivity index (χ0) is 34.3. The number of aromatic nitrogens is 2. The van der Waals surface area contributed by atoms with Crippen molar-refractivity contribution in [1.29, 1.82) is 0 Å². The number of imidazole rings is 1. The number of carbonyl (C=O) groups excluding carboxylic acids is 1. The first-order chi connectivity index (χ1) is 23.6. The van der Waals surface area contributed by atoms with Gasteiger partial charge in [0, 0.05) is 18.4 Å². The summed E-state index contributed by atoms with van der Waals surface area (Å²) in [6, 6.07) is 8.31. The minimum Gasteiger partial charge on any atom is -0.497 e. The Balaban J connectivity index is 1.00. The summed E-state index contributed by atoms with van der Waals surface area (Å²) in [7, 11) is 1.71. The Morgan fingerprint density at radius 1 is 0.980 bits per heavy atom. The van der Waals surface area contributed by atoms with Gasteiger partial charge in [-0.2, -0.15) is 0 Å². The van der Waals surface area contributed by atoms with Gasteiger partial charge in [-0.05, 0) is 135 Å². The Morgan fingerprint density at radius 2 is 1.80 bits per heavy atom. The predicted octanol–water partition coefficient (Wildman–Crippen LogP) is 10.1. The van der Waals surface area contributed by atoms with Gasteiger partial charge >= 0.3 is 5.97 Å². The second-order valence-corrected chi connectivity index (χ2v) is 17.9. The molecule has 3 fully saturated rings.